The highest BCUT2D eigenvalue weighted by Gasteiger charge is 2.37. The van der Waals surface area contributed by atoms with Crippen molar-refractivity contribution >= 4 is 5.97 Å². The van der Waals surface area contributed by atoms with Gasteiger partial charge in [0.25, 0.3) is 0 Å². The van der Waals surface area contributed by atoms with E-state index in [1.54, 1.807) is 0 Å². The van der Waals surface area contributed by atoms with Crippen LogP contribution in [0.5, 0.6) is 0 Å². The molecule has 2 N–H and O–H groups in total. The van der Waals surface area contributed by atoms with E-state index in [4.69, 9.17) is 10.2 Å². The highest BCUT2D eigenvalue weighted by molar-refractivity contribution is 5.70. The Balaban J connectivity index is 0.000000211. The van der Waals surface area contributed by atoms with Crippen LogP contribution in [0, 0.1) is 11.8 Å². The first-order valence-electron chi connectivity index (χ1n) is 7.24. The van der Waals surface area contributed by atoms with E-state index in [2.05, 4.69) is 0 Å². The Hall–Kier alpha value is -0.850. The predicted octanol–water partition coefficient (Wildman–Crippen LogP) is 3.70. The average Bonchev–Trinajstić information content (AvgIpc) is 2.39. The van der Waals surface area contributed by atoms with Gasteiger partial charge in [-0.1, -0.05) is 0 Å². The number of carbonyl (C=O) groups is 1. The molecule has 0 bridgehead atoms. The Morgan fingerprint density at radius 3 is 1.62 bits per heavy atom. The summed E-state index contributed by atoms with van der Waals surface area (Å²) in [4.78, 5) is 10.3. The summed E-state index contributed by atoms with van der Waals surface area (Å²) < 4.78 is 49.8. The van der Waals surface area contributed by atoms with Crippen LogP contribution >= 0.6 is 0 Å². The highest BCUT2D eigenvalue weighted by Crippen LogP contribution is 2.36. The van der Waals surface area contributed by atoms with Crippen molar-refractivity contribution in [3.63, 3.8) is 0 Å². The molecule has 2 fully saturated rings. The fourth-order valence-corrected chi connectivity index (χ4v) is 2.57. The molecule has 2 aliphatic rings. The maximum atomic E-state index is 12.4. The Kier molecular flexibility index (Phi) is 6.43. The molecule has 124 valence electrons. The Morgan fingerprint density at radius 2 is 1.29 bits per heavy atom. The van der Waals surface area contributed by atoms with Crippen molar-refractivity contribution in [2.45, 2.75) is 63.2 Å². The molecule has 0 aromatic rings. The molecule has 0 aromatic heterocycles. The number of aliphatic carboxylic acids is 1. The number of halogens is 4. The molecule has 2 rings (SSSR count). The molecule has 0 heterocycles. The number of hydrogen-bond acceptors (Lipinski definition) is 2. The van der Waals surface area contributed by atoms with Crippen LogP contribution < -0.4 is 0 Å². The molecule has 3 nitrogen and oxygen atoms in total. The van der Waals surface area contributed by atoms with E-state index in [-0.39, 0.29) is 51.0 Å². The van der Waals surface area contributed by atoms with Gasteiger partial charge in [0.05, 0.1) is 5.92 Å². The van der Waals surface area contributed by atoms with Gasteiger partial charge in [-0.2, -0.15) is 0 Å². The molecular formula is C14H22F4O3. The summed E-state index contributed by atoms with van der Waals surface area (Å²) in [5.41, 5.74) is 0. The van der Waals surface area contributed by atoms with Gasteiger partial charge >= 0.3 is 5.97 Å². The van der Waals surface area contributed by atoms with Crippen molar-refractivity contribution in [1.82, 2.24) is 0 Å². The molecular weight excluding hydrogens is 292 g/mol. The van der Waals surface area contributed by atoms with Gasteiger partial charge in [-0.15, -0.1) is 0 Å². The monoisotopic (exact) mass is 314 g/mol. The minimum Gasteiger partial charge on any atom is -0.481 e. The van der Waals surface area contributed by atoms with Gasteiger partial charge in [0, 0.05) is 32.3 Å². The zero-order valence-electron chi connectivity index (χ0n) is 11.8. The summed E-state index contributed by atoms with van der Waals surface area (Å²) in [7, 11) is 0. The van der Waals surface area contributed by atoms with E-state index in [1.807, 2.05) is 0 Å². The third-order valence-electron chi connectivity index (χ3n) is 4.16. The fraction of sp³-hybridized carbons (Fsp3) is 0.929. The summed E-state index contributed by atoms with van der Waals surface area (Å²) in [5.74, 6) is -6.44. The molecule has 0 amide bonds. The average molecular weight is 314 g/mol. The highest BCUT2D eigenvalue weighted by atomic mass is 19.3. The lowest BCUT2D eigenvalue weighted by molar-refractivity contribution is -0.145. The van der Waals surface area contributed by atoms with Crippen LogP contribution in [0.3, 0.4) is 0 Å². The van der Waals surface area contributed by atoms with E-state index >= 15 is 0 Å². The molecule has 0 aliphatic heterocycles. The molecule has 0 radical (unpaired) electrons. The predicted molar refractivity (Wildman–Crippen MR) is 68.5 cm³/mol. The SMILES string of the molecule is O=C(O)C1CCC(F)(F)CC1.OCC1CCC(F)(F)CC1. The van der Waals surface area contributed by atoms with Crippen molar-refractivity contribution in [2.75, 3.05) is 6.61 Å². The molecule has 21 heavy (non-hydrogen) atoms. The van der Waals surface area contributed by atoms with Crippen molar-refractivity contribution < 1.29 is 32.6 Å². The van der Waals surface area contributed by atoms with Crippen LogP contribution in [-0.2, 0) is 4.79 Å². The van der Waals surface area contributed by atoms with Gasteiger partial charge in [-0.25, -0.2) is 17.6 Å². The summed E-state index contributed by atoms with van der Waals surface area (Å²) in [6, 6.07) is 0. The maximum absolute atomic E-state index is 12.4. The zero-order chi connectivity index (χ0) is 16.1. The third kappa shape index (κ3) is 6.63. The normalized spacial score (nSPS) is 25.8. The van der Waals surface area contributed by atoms with Crippen LogP contribution in [-0.4, -0.2) is 34.6 Å². The first-order chi connectivity index (χ1) is 9.65. The van der Waals surface area contributed by atoms with Gasteiger partial charge in [0.2, 0.25) is 11.8 Å². The molecule has 2 aliphatic carbocycles. The van der Waals surface area contributed by atoms with Gasteiger partial charge in [0.1, 0.15) is 0 Å². The first-order valence-corrected chi connectivity index (χ1v) is 7.24. The second-order valence-corrected chi connectivity index (χ2v) is 5.95. The minimum absolute atomic E-state index is 0.0434. The summed E-state index contributed by atoms with van der Waals surface area (Å²) in [6.07, 6.45) is 0.544. The summed E-state index contributed by atoms with van der Waals surface area (Å²) in [6.45, 7) is 0.0656. The fourth-order valence-electron chi connectivity index (χ4n) is 2.57. The Labute approximate surface area is 121 Å². The van der Waals surface area contributed by atoms with Crippen LogP contribution in [0.15, 0.2) is 0 Å². The number of hydrogen-bond donors (Lipinski definition) is 2. The molecule has 0 saturated heterocycles. The number of carboxylic acids is 1. The topological polar surface area (TPSA) is 57.5 Å². The lowest BCUT2D eigenvalue weighted by atomic mass is 9.87. The number of aliphatic hydroxyl groups is 1. The zero-order valence-corrected chi connectivity index (χ0v) is 11.8. The molecule has 0 unspecified atom stereocenters. The molecule has 2 saturated carbocycles. The first kappa shape index (κ1) is 18.2. The largest absolute Gasteiger partial charge is 0.481 e. The van der Waals surface area contributed by atoms with E-state index in [0.717, 1.165) is 0 Å². The number of carboxylic acid groups (broad SMARTS) is 1. The van der Waals surface area contributed by atoms with E-state index in [9.17, 15) is 22.4 Å². The van der Waals surface area contributed by atoms with Gasteiger partial charge in [-0.3, -0.25) is 4.79 Å². The van der Waals surface area contributed by atoms with Crippen LogP contribution in [0.1, 0.15) is 51.4 Å². The second kappa shape index (κ2) is 7.42. The van der Waals surface area contributed by atoms with Crippen LogP contribution in [0.4, 0.5) is 17.6 Å². The van der Waals surface area contributed by atoms with E-state index in [0.29, 0.717) is 12.8 Å². The van der Waals surface area contributed by atoms with Crippen molar-refractivity contribution in [1.29, 1.82) is 0 Å². The van der Waals surface area contributed by atoms with Crippen molar-refractivity contribution in [3.8, 4) is 0 Å². The Morgan fingerprint density at radius 1 is 0.905 bits per heavy atom. The minimum atomic E-state index is -2.62. The van der Waals surface area contributed by atoms with Gasteiger partial charge < -0.3 is 10.2 Å². The molecule has 0 atom stereocenters. The molecule has 0 spiro atoms. The lowest BCUT2D eigenvalue weighted by Gasteiger charge is -2.26. The number of alkyl halides is 4. The van der Waals surface area contributed by atoms with Gasteiger partial charge in [-0.05, 0) is 31.6 Å². The van der Waals surface area contributed by atoms with E-state index < -0.39 is 23.7 Å². The molecule has 7 heteroatoms. The second-order valence-electron chi connectivity index (χ2n) is 5.95. The van der Waals surface area contributed by atoms with Gasteiger partial charge in [0.15, 0.2) is 0 Å². The maximum Gasteiger partial charge on any atom is 0.306 e. The van der Waals surface area contributed by atoms with Crippen LogP contribution in [0.2, 0.25) is 0 Å². The summed E-state index contributed by atoms with van der Waals surface area (Å²) in [5, 5.41) is 17.1. The molecule has 0 aromatic carbocycles. The number of aliphatic hydroxyl groups excluding tert-OH is 1. The standard InChI is InChI=1S/C7H10F2O2.C7H12F2O/c8-7(9)3-1-5(2-4-7)6(10)11;8-7(9)3-1-6(5-10)2-4-7/h5H,1-4H2,(H,10,11);6,10H,1-5H2. The number of rotatable bonds is 2. The summed E-state index contributed by atoms with van der Waals surface area (Å²) >= 11 is 0. The van der Waals surface area contributed by atoms with E-state index in [1.165, 1.54) is 0 Å². The van der Waals surface area contributed by atoms with Crippen molar-refractivity contribution in [3.05, 3.63) is 0 Å². The lowest BCUT2D eigenvalue weighted by Crippen LogP contribution is -2.28. The quantitative estimate of drug-likeness (QED) is 0.764. The Bertz CT molecular complexity index is 327. The van der Waals surface area contributed by atoms with Crippen LogP contribution in [0.25, 0.3) is 0 Å². The smallest absolute Gasteiger partial charge is 0.306 e. The van der Waals surface area contributed by atoms with Crippen molar-refractivity contribution in [2.24, 2.45) is 11.8 Å². The third-order valence-corrected chi connectivity index (χ3v) is 4.16.